The number of halogens is 1. The van der Waals surface area contributed by atoms with E-state index in [2.05, 4.69) is 25.6 Å². The van der Waals surface area contributed by atoms with Gasteiger partial charge in [-0.3, -0.25) is 4.79 Å². The van der Waals surface area contributed by atoms with E-state index in [-0.39, 0.29) is 17.6 Å². The summed E-state index contributed by atoms with van der Waals surface area (Å²) < 4.78 is 1.64. The summed E-state index contributed by atoms with van der Waals surface area (Å²) in [6, 6.07) is 8.95. The summed E-state index contributed by atoms with van der Waals surface area (Å²) in [5.74, 6) is 0.185. The Hall–Kier alpha value is -2.45. The van der Waals surface area contributed by atoms with Crippen LogP contribution in [-0.4, -0.2) is 36.9 Å². The second-order valence-electron chi connectivity index (χ2n) is 5.72. The van der Waals surface area contributed by atoms with Crippen LogP contribution in [0.3, 0.4) is 0 Å². The second kappa shape index (κ2) is 8.29. The van der Waals surface area contributed by atoms with Crippen LogP contribution < -0.4 is 5.32 Å². The summed E-state index contributed by atoms with van der Waals surface area (Å²) >= 11 is 7.37. The van der Waals surface area contributed by atoms with Crippen LogP contribution in [0, 0.1) is 0 Å². The van der Waals surface area contributed by atoms with Gasteiger partial charge in [0, 0.05) is 29.2 Å². The van der Waals surface area contributed by atoms with E-state index in [1.807, 2.05) is 26.0 Å². The number of nitrogens with one attached hydrogen (secondary N) is 1. The number of carbonyl (C=O) groups is 1. The van der Waals surface area contributed by atoms with E-state index in [1.165, 1.54) is 11.8 Å². The average Bonchev–Trinajstić information content (AvgIpc) is 3.05. The Morgan fingerprint density at radius 2 is 1.92 bits per heavy atom. The van der Waals surface area contributed by atoms with Gasteiger partial charge in [-0.15, -0.1) is 5.10 Å². The maximum Gasteiger partial charge on any atom is 0.274 e. The van der Waals surface area contributed by atoms with Gasteiger partial charge in [0.05, 0.1) is 11.4 Å². The van der Waals surface area contributed by atoms with Gasteiger partial charge < -0.3 is 5.32 Å². The van der Waals surface area contributed by atoms with Crippen LogP contribution in [0.15, 0.2) is 47.9 Å². The Kier molecular flexibility index (Phi) is 5.85. The van der Waals surface area contributed by atoms with Gasteiger partial charge in [0.2, 0.25) is 0 Å². The van der Waals surface area contributed by atoms with E-state index < -0.39 is 0 Å². The third kappa shape index (κ3) is 4.39. The van der Waals surface area contributed by atoms with E-state index in [4.69, 9.17) is 11.6 Å². The first kappa shape index (κ1) is 18.3. The van der Waals surface area contributed by atoms with Gasteiger partial charge >= 0.3 is 0 Å². The summed E-state index contributed by atoms with van der Waals surface area (Å²) in [6.45, 7) is 3.79. The fraction of sp³-hybridized carbons (Fsp3) is 0.235. The first-order chi connectivity index (χ1) is 12.5. The highest BCUT2D eigenvalue weighted by Gasteiger charge is 2.21. The van der Waals surface area contributed by atoms with Crippen LogP contribution in [0.1, 0.15) is 30.0 Å². The zero-order chi connectivity index (χ0) is 18.5. The maximum atomic E-state index is 12.5. The average molecular weight is 389 g/mol. The minimum absolute atomic E-state index is 0.00106. The molecule has 0 fully saturated rings. The van der Waals surface area contributed by atoms with Crippen LogP contribution in [0.4, 0.5) is 0 Å². The van der Waals surface area contributed by atoms with Crippen LogP contribution in [0.2, 0.25) is 5.02 Å². The molecule has 1 amide bonds. The SMILES string of the molecule is CC(C)NC(=O)c1nnn(-c2ccc(Cl)cc2)c1CSc1ncccn1. The summed E-state index contributed by atoms with van der Waals surface area (Å²) in [5.41, 5.74) is 1.73. The summed E-state index contributed by atoms with van der Waals surface area (Å²) in [7, 11) is 0. The van der Waals surface area contributed by atoms with Crippen molar-refractivity contribution < 1.29 is 4.79 Å². The molecular weight excluding hydrogens is 372 g/mol. The predicted molar refractivity (Wildman–Crippen MR) is 101 cm³/mol. The number of benzene rings is 1. The van der Waals surface area contributed by atoms with Gasteiger partial charge in [-0.1, -0.05) is 28.6 Å². The molecule has 7 nitrogen and oxygen atoms in total. The smallest absolute Gasteiger partial charge is 0.274 e. The number of thioether (sulfide) groups is 1. The first-order valence-electron chi connectivity index (χ1n) is 7.96. The molecule has 1 N–H and O–H groups in total. The van der Waals surface area contributed by atoms with Gasteiger partial charge in [0.15, 0.2) is 10.9 Å². The number of nitrogens with zero attached hydrogens (tertiary/aromatic N) is 5. The molecule has 0 bridgehead atoms. The van der Waals surface area contributed by atoms with E-state index >= 15 is 0 Å². The molecule has 0 radical (unpaired) electrons. The maximum absolute atomic E-state index is 12.5. The number of hydrogen-bond donors (Lipinski definition) is 1. The Balaban J connectivity index is 1.94. The van der Waals surface area contributed by atoms with E-state index in [0.717, 1.165) is 5.69 Å². The fourth-order valence-electron chi connectivity index (χ4n) is 2.22. The lowest BCUT2D eigenvalue weighted by Gasteiger charge is -2.09. The molecule has 9 heteroatoms. The normalized spacial score (nSPS) is 10.9. The minimum atomic E-state index is -0.259. The molecule has 2 heterocycles. The Morgan fingerprint density at radius 3 is 2.58 bits per heavy atom. The lowest BCUT2D eigenvalue weighted by Crippen LogP contribution is -2.31. The van der Waals surface area contributed by atoms with Crippen molar-refractivity contribution in [1.29, 1.82) is 0 Å². The highest BCUT2D eigenvalue weighted by atomic mass is 35.5. The van der Waals surface area contributed by atoms with Gasteiger partial charge in [-0.25, -0.2) is 14.6 Å². The summed E-state index contributed by atoms with van der Waals surface area (Å²) in [5, 5.41) is 12.4. The largest absolute Gasteiger partial charge is 0.348 e. The topological polar surface area (TPSA) is 85.6 Å². The molecule has 2 aromatic heterocycles. The molecular formula is C17H17ClN6OS. The summed E-state index contributed by atoms with van der Waals surface area (Å²) in [6.07, 6.45) is 3.35. The molecule has 0 aliphatic carbocycles. The Bertz CT molecular complexity index is 882. The zero-order valence-corrected chi connectivity index (χ0v) is 15.8. The first-order valence-corrected chi connectivity index (χ1v) is 9.32. The van der Waals surface area contributed by atoms with Crippen molar-refractivity contribution in [3.63, 3.8) is 0 Å². The molecule has 3 rings (SSSR count). The lowest BCUT2D eigenvalue weighted by molar-refractivity contribution is 0.0937. The molecule has 0 unspecified atom stereocenters. The zero-order valence-electron chi connectivity index (χ0n) is 14.3. The quantitative estimate of drug-likeness (QED) is 0.515. The third-order valence-electron chi connectivity index (χ3n) is 3.35. The van der Waals surface area contributed by atoms with Crippen molar-refractivity contribution in [1.82, 2.24) is 30.3 Å². The number of aromatic nitrogens is 5. The molecule has 0 atom stereocenters. The standard InChI is InChI=1S/C17H17ClN6OS/c1-11(2)21-16(25)15-14(10-26-17-19-8-3-9-20-17)24(23-22-15)13-6-4-12(18)5-7-13/h3-9,11H,10H2,1-2H3,(H,21,25). The van der Waals surface area contributed by atoms with Gasteiger partial charge in [-0.2, -0.15) is 0 Å². The minimum Gasteiger partial charge on any atom is -0.348 e. The molecule has 0 aliphatic heterocycles. The van der Waals surface area contributed by atoms with Crippen LogP contribution in [0.5, 0.6) is 0 Å². The van der Waals surface area contributed by atoms with Gasteiger partial charge in [-0.05, 0) is 44.2 Å². The van der Waals surface area contributed by atoms with Gasteiger partial charge in [0.25, 0.3) is 5.91 Å². The monoisotopic (exact) mass is 388 g/mol. The van der Waals surface area contributed by atoms with Crippen molar-refractivity contribution in [3.05, 3.63) is 59.1 Å². The van der Waals surface area contributed by atoms with Crippen molar-refractivity contribution in [2.45, 2.75) is 30.8 Å². The second-order valence-corrected chi connectivity index (χ2v) is 7.10. The Morgan fingerprint density at radius 1 is 1.23 bits per heavy atom. The van der Waals surface area contributed by atoms with E-state index in [1.54, 1.807) is 35.3 Å². The number of amides is 1. The summed E-state index contributed by atoms with van der Waals surface area (Å²) in [4.78, 5) is 20.9. The molecule has 0 saturated carbocycles. The highest BCUT2D eigenvalue weighted by Crippen LogP contribution is 2.23. The molecule has 3 aromatic rings. The highest BCUT2D eigenvalue weighted by molar-refractivity contribution is 7.98. The third-order valence-corrected chi connectivity index (χ3v) is 4.49. The molecule has 134 valence electrons. The van der Waals surface area contributed by atoms with E-state index in [9.17, 15) is 4.79 Å². The molecule has 0 spiro atoms. The van der Waals surface area contributed by atoms with E-state index in [0.29, 0.717) is 21.6 Å². The molecule has 0 saturated heterocycles. The fourth-order valence-corrected chi connectivity index (χ4v) is 3.14. The predicted octanol–water partition coefficient (Wildman–Crippen LogP) is 3.14. The van der Waals surface area contributed by atoms with Crippen molar-refractivity contribution in [3.8, 4) is 5.69 Å². The van der Waals surface area contributed by atoms with Crippen molar-refractivity contribution >= 4 is 29.3 Å². The van der Waals surface area contributed by atoms with Crippen LogP contribution in [0.25, 0.3) is 5.69 Å². The molecule has 0 aliphatic rings. The number of hydrogen-bond acceptors (Lipinski definition) is 6. The molecule has 26 heavy (non-hydrogen) atoms. The van der Waals surface area contributed by atoms with Gasteiger partial charge in [0.1, 0.15) is 0 Å². The Labute approximate surface area is 160 Å². The van der Waals surface area contributed by atoms with Crippen molar-refractivity contribution in [2.24, 2.45) is 0 Å². The van der Waals surface area contributed by atoms with Crippen LogP contribution in [-0.2, 0) is 5.75 Å². The lowest BCUT2D eigenvalue weighted by atomic mass is 10.2. The van der Waals surface area contributed by atoms with Crippen molar-refractivity contribution in [2.75, 3.05) is 0 Å². The van der Waals surface area contributed by atoms with Crippen LogP contribution >= 0.6 is 23.4 Å². The molecule has 1 aromatic carbocycles. The number of rotatable bonds is 6. The number of carbonyl (C=O) groups excluding carboxylic acids is 1.